The van der Waals surface area contributed by atoms with Gasteiger partial charge >= 0.3 is 0 Å². The highest BCUT2D eigenvalue weighted by molar-refractivity contribution is 7.05. The van der Waals surface area contributed by atoms with Crippen LogP contribution in [0.25, 0.3) is 0 Å². The smallest absolute Gasteiger partial charge is 0.225 e. The van der Waals surface area contributed by atoms with Gasteiger partial charge in [-0.1, -0.05) is 0 Å². The van der Waals surface area contributed by atoms with E-state index < -0.39 is 0 Å². The second-order valence-electron chi connectivity index (χ2n) is 1.83. The third-order valence-corrected chi connectivity index (χ3v) is 1.87. The number of carbonyl (C=O) groups excluding carboxylic acids is 1. The van der Waals surface area contributed by atoms with E-state index in [1.54, 1.807) is 13.2 Å². The van der Waals surface area contributed by atoms with Gasteiger partial charge in [-0.3, -0.25) is 4.79 Å². The van der Waals surface area contributed by atoms with Gasteiger partial charge in [-0.25, -0.2) is 0 Å². The van der Waals surface area contributed by atoms with Gasteiger partial charge in [-0.2, -0.15) is 4.37 Å². The van der Waals surface area contributed by atoms with E-state index in [-0.39, 0.29) is 0 Å². The van der Waals surface area contributed by atoms with Crippen molar-refractivity contribution in [3.05, 3.63) is 10.9 Å². The minimum Gasteiger partial charge on any atom is -0.480 e. The Labute approximate surface area is 68.4 Å². The third-order valence-electron chi connectivity index (χ3n) is 1.11. The van der Waals surface area contributed by atoms with Crippen molar-refractivity contribution in [1.29, 1.82) is 0 Å². The zero-order valence-corrected chi connectivity index (χ0v) is 6.85. The summed E-state index contributed by atoms with van der Waals surface area (Å²) in [7, 11) is 1.56. The number of ether oxygens (including phenoxy) is 1. The van der Waals surface area contributed by atoms with Gasteiger partial charge in [0.25, 0.3) is 0 Å². The molecule has 0 atom stereocenters. The summed E-state index contributed by atoms with van der Waals surface area (Å²) in [5, 5.41) is 2.54. The molecule has 11 heavy (non-hydrogen) atoms. The molecule has 0 unspecified atom stereocenters. The molecular formula is C6H8N2O2S. The van der Waals surface area contributed by atoms with Gasteiger partial charge in [0.05, 0.1) is 13.7 Å². The molecular weight excluding hydrogens is 164 g/mol. The standard InChI is InChI=1S/C6H8N2O2S/c1-10-6-2-5(11-8-6)3-7-4-9/h2,4H,3H2,1H3,(H,7,9). The number of hydrogen-bond acceptors (Lipinski definition) is 4. The summed E-state index contributed by atoms with van der Waals surface area (Å²) in [5.41, 5.74) is 0. The molecule has 0 saturated heterocycles. The fourth-order valence-electron chi connectivity index (χ4n) is 0.616. The number of methoxy groups -OCH3 is 1. The molecule has 5 heteroatoms. The fraction of sp³-hybridized carbons (Fsp3) is 0.333. The molecule has 0 aliphatic carbocycles. The van der Waals surface area contributed by atoms with E-state index in [9.17, 15) is 4.79 Å². The first-order chi connectivity index (χ1) is 5.36. The van der Waals surface area contributed by atoms with Gasteiger partial charge in [0.1, 0.15) is 0 Å². The molecule has 0 spiro atoms. The van der Waals surface area contributed by atoms with Crippen molar-refractivity contribution in [2.45, 2.75) is 6.54 Å². The normalized spacial score (nSPS) is 9.18. The van der Waals surface area contributed by atoms with Crippen LogP contribution in [0.4, 0.5) is 0 Å². The van der Waals surface area contributed by atoms with Crippen LogP contribution in [0, 0.1) is 0 Å². The third kappa shape index (κ3) is 2.19. The quantitative estimate of drug-likeness (QED) is 0.669. The number of nitrogens with zero attached hydrogens (tertiary/aromatic N) is 1. The summed E-state index contributed by atoms with van der Waals surface area (Å²) in [4.78, 5) is 10.9. The van der Waals surface area contributed by atoms with Gasteiger partial charge < -0.3 is 10.1 Å². The lowest BCUT2D eigenvalue weighted by molar-refractivity contribution is -0.109. The van der Waals surface area contributed by atoms with Crippen molar-refractivity contribution >= 4 is 17.9 Å². The Morgan fingerprint density at radius 3 is 3.27 bits per heavy atom. The van der Waals surface area contributed by atoms with E-state index in [0.717, 1.165) is 4.88 Å². The topological polar surface area (TPSA) is 51.2 Å². The molecule has 1 aromatic heterocycles. The summed E-state index contributed by atoms with van der Waals surface area (Å²) >= 11 is 1.32. The molecule has 1 N–H and O–H groups in total. The SMILES string of the molecule is COc1cc(CNC=O)sn1. The van der Waals surface area contributed by atoms with Gasteiger partial charge in [0.2, 0.25) is 12.3 Å². The van der Waals surface area contributed by atoms with Crippen LogP contribution >= 0.6 is 11.5 Å². The van der Waals surface area contributed by atoms with Gasteiger partial charge in [0, 0.05) is 10.9 Å². The number of carbonyl (C=O) groups is 1. The largest absolute Gasteiger partial charge is 0.480 e. The lowest BCUT2D eigenvalue weighted by Gasteiger charge is -1.90. The molecule has 0 saturated carbocycles. The molecule has 0 bridgehead atoms. The summed E-state index contributed by atoms with van der Waals surface area (Å²) < 4.78 is 8.81. The number of amides is 1. The lowest BCUT2D eigenvalue weighted by atomic mass is 10.5. The molecule has 1 heterocycles. The molecule has 1 rings (SSSR count). The van der Waals surface area contributed by atoms with Crippen LogP contribution in [0.2, 0.25) is 0 Å². The van der Waals surface area contributed by atoms with Crippen molar-refractivity contribution in [3.8, 4) is 5.88 Å². The fourth-order valence-corrected chi connectivity index (χ4v) is 1.25. The van der Waals surface area contributed by atoms with Gasteiger partial charge in [-0.05, 0) is 11.5 Å². The second kappa shape index (κ2) is 3.92. The highest BCUT2D eigenvalue weighted by atomic mass is 32.1. The highest BCUT2D eigenvalue weighted by Crippen LogP contribution is 2.15. The van der Waals surface area contributed by atoms with Crippen LogP contribution in [0.5, 0.6) is 5.88 Å². The van der Waals surface area contributed by atoms with E-state index in [0.29, 0.717) is 18.8 Å². The van der Waals surface area contributed by atoms with Crippen molar-refractivity contribution in [3.63, 3.8) is 0 Å². The Kier molecular flexibility index (Phi) is 2.85. The van der Waals surface area contributed by atoms with Crippen LogP contribution in [0.3, 0.4) is 0 Å². The Morgan fingerprint density at radius 2 is 2.73 bits per heavy atom. The van der Waals surface area contributed by atoms with Crippen LogP contribution in [-0.2, 0) is 11.3 Å². The maximum Gasteiger partial charge on any atom is 0.225 e. The zero-order chi connectivity index (χ0) is 8.10. The number of nitrogens with one attached hydrogen (secondary N) is 1. The van der Waals surface area contributed by atoms with Crippen LogP contribution in [-0.4, -0.2) is 17.9 Å². The Hall–Kier alpha value is -1.10. The summed E-state index contributed by atoms with van der Waals surface area (Å²) in [5.74, 6) is 0.595. The number of hydrogen-bond donors (Lipinski definition) is 1. The summed E-state index contributed by atoms with van der Waals surface area (Å²) in [6.07, 6.45) is 0.659. The average Bonchev–Trinajstić information content (AvgIpc) is 2.48. The van der Waals surface area contributed by atoms with Gasteiger partial charge in [0.15, 0.2) is 0 Å². The predicted octanol–water partition coefficient (Wildman–Crippen LogP) is 0.398. The van der Waals surface area contributed by atoms with E-state index in [2.05, 4.69) is 9.69 Å². The van der Waals surface area contributed by atoms with Crippen LogP contribution in [0.15, 0.2) is 6.07 Å². The molecule has 0 aliphatic heterocycles. The highest BCUT2D eigenvalue weighted by Gasteiger charge is 1.99. The summed E-state index contributed by atoms with van der Waals surface area (Å²) in [6.45, 7) is 0.518. The molecule has 0 radical (unpaired) electrons. The van der Waals surface area contributed by atoms with Crippen LogP contribution in [0.1, 0.15) is 4.88 Å². The van der Waals surface area contributed by atoms with E-state index in [4.69, 9.17) is 4.74 Å². The van der Waals surface area contributed by atoms with Crippen molar-refractivity contribution in [2.75, 3.05) is 7.11 Å². The monoisotopic (exact) mass is 172 g/mol. The molecule has 0 aromatic carbocycles. The minimum absolute atomic E-state index is 0.518. The lowest BCUT2D eigenvalue weighted by Crippen LogP contribution is -2.07. The minimum atomic E-state index is 0.518. The molecule has 1 aromatic rings. The van der Waals surface area contributed by atoms with E-state index >= 15 is 0 Å². The first kappa shape index (κ1) is 8.00. The zero-order valence-electron chi connectivity index (χ0n) is 6.03. The average molecular weight is 172 g/mol. The first-order valence-electron chi connectivity index (χ1n) is 3.03. The Balaban J connectivity index is 2.50. The molecule has 4 nitrogen and oxygen atoms in total. The predicted molar refractivity (Wildman–Crippen MR) is 41.6 cm³/mol. The molecule has 0 fully saturated rings. The van der Waals surface area contributed by atoms with Crippen molar-refractivity contribution in [1.82, 2.24) is 9.69 Å². The maximum absolute atomic E-state index is 9.90. The number of rotatable bonds is 4. The van der Waals surface area contributed by atoms with Crippen molar-refractivity contribution < 1.29 is 9.53 Å². The molecule has 60 valence electrons. The first-order valence-corrected chi connectivity index (χ1v) is 3.80. The summed E-state index contributed by atoms with van der Waals surface area (Å²) in [6, 6.07) is 1.79. The molecule has 0 aliphatic rings. The molecule has 1 amide bonds. The second-order valence-corrected chi connectivity index (χ2v) is 2.72. The van der Waals surface area contributed by atoms with Gasteiger partial charge in [-0.15, -0.1) is 0 Å². The van der Waals surface area contributed by atoms with Crippen molar-refractivity contribution in [2.24, 2.45) is 0 Å². The maximum atomic E-state index is 9.90. The Bertz CT molecular complexity index is 236. The Morgan fingerprint density at radius 1 is 1.91 bits per heavy atom. The van der Waals surface area contributed by atoms with E-state index in [1.165, 1.54) is 11.5 Å². The number of aromatic nitrogens is 1. The van der Waals surface area contributed by atoms with E-state index in [1.807, 2.05) is 0 Å². The van der Waals surface area contributed by atoms with Crippen LogP contribution < -0.4 is 10.1 Å².